The van der Waals surface area contributed by atoms with Gasteiger partial charge in [-0.1, -0.05) is 30.3 Å². The number of hydrogen-bond acceptors (Lipinski definition) is 3. The number of aliphatic carboxylic acids is 1. The van der Waals surface area contributed by atoms with Crippen LogP contribution in [0.5, 0.6) is 5.75 Å². The third-order valence-electron chi connectivity index (χ3n) is 3.36. The number of carbonyl (C=O) groups excluding carboxylic acids is 1. The molecule has 23 heavy (non-hydrogen) atoms. The van der Waals surface area contributed by atoms with Crippen molar-refractivity contribution < 1.29 is 19.4 Å². The molecular weight excluding hydrogens is 294 g/mol. The normalized spacial score (nSPS) is 10.1. The van der Waals surface area contributed by atoms with E-state index in [-0.39, 0.29) is 18.9 Å². The maximum Gasteiger partial charge on any atom is 0.305 e. The molecular formula is C18H19NO4. The molecule has 5 heteroatoms. The number of carboxylic acid groups (broad SMARTS) is 1. The van der Waals surface area contributed by atoms with Gasteiger partial charge in [-0.25, -0.2) is 0 Å². The number of rotatable bonds is 7. The van der Waals surface area contributed by atoms with E-state index in [1.165, 1.54) is 4.90 Å². The Morgan fingerprint density at radius 1 is 1.04 bits per heavy atom. The smallest absolute Gasteiger partial charge is 0.305 e. The van der Waals surface area contributed by atoms with Crippen molar-refractivity contribution >= 4 is 11.9 Å². The zero-order valence-corrected chi connectivity index (χ0v) is 12.9. The second-order valence-corrected chi connectivity index (χ2v) is 5.17. The monoisotopic (exact) mass is 313 g/mol. The van der Waals surface area contributed by atoms with Crippen molar-refractivity contribution in [2.24, 2.45) is 0 Å². The summed E-state index contributed by atoms with van der Waals surface area (Å²) in [6.07, 6.45) is -0.0689. The van der Waals surface area contributed by atoms with Gasteiger partial charge in [0.15, 0.2) is 0 Å². The molecule has 120 valence electrons. The van der Waals surface area contributed by atoms with Crippen LogP contribution in [0.25, 0.3) is 0 Å². The summed E-state index contributed by atoms with van der Waals surface area (Å²) in [4.78, 5) is 24.1. The van der Waals surface area contributed by atoms with E-state index in [4.69, 9.17) is 9.84 Å². The second-order valence-electron chi connectivity index (χ2n) is 5.17. The van der Waals surface area contributed by atoms with E-state index < -0.39 is 5.97 Å². The summed E-state index contributed by atoms with van der Waals surface area (Å²) < 4.78 is 5.66. The van der Waals surface area contributed by atoms with Gasteiger partial charge in [-0.05, 0) is 29.8 Å². The van der Waals surface area contributed by atoms with Crippen molar-refractivity contribution in [3.63, 3.8) is 0 Å². The fourth-order valence-corrected chi connectivity index (χ4v) is 2.02. The number of amides is 1. The van der Waals surface area contributed by atoms with Crippen molar-refractivity contribution in [1.29, 1.82) is 0 Å². The molecule has 0 atom stereocenters. The Morgan fingerprint density at radius 3 is 2.30 bits per heavy atom. The zero-order valence-electron chi connectivity index (χ0n) is 12.9. The number of benzene rings is 2. The summed E-state index contributed by atoms with van der Waals surface area (Å²) in [6, 6.07) is 16.7. The molecule has 2 rings (SSSR count). The van der Waals surface area contributed by atoms with Gasteiger partial charge in [0.1, 0.15) is 12.4 Å². The molecule has 0 aliphatic rings. The Hall–Kier alpha value is -2.82. The van der Waals surface area contributed by atoms with Crippen molar-refractivity contribution in [2.45, 2.75) is 13.0 Å². The molecule has 0 heterocycles. The highest BCUT2D eigenvalue weighted by atomic mass is 16.5. The fraction of sp³-hybridized carbons (Fsp3) is 0.222. The maximum atomic E-state index is 12.1. The summed E-state index contributed by atoms with van der Waals surface area (Å²) in [5, 5.41) is 8.65. The third kappa shape index (κ3) is 5.14. The zero-order chi connectivity index (χ0) is 16.7. The van der Waals surface area contributed by atoms with Gasteiger partial charge in [-0.3, -0.25) is 9.59 Å². The molecule has 0 bridgehead atoms. The molecule has 2 aromatic rings. The predicted octanol–water partition coefficient (Wildman–Crippen LogP) is 2.81. The van der Waals surface area contributed by atoms with E-state index in [0.717, 1.165) is 5.56 Å². The Bertz CT molecular complexity index is 652. The van der Waals surface area contributed by atoms with Crippen molar-refractivity contribution in [3.05, 3.63) is 65.7 Å². The molecule has 5 nitrogen and oxygen atoms in total. The first-order valence-corrected chi connectivity index (χ1v) is 7.30. The molecule has 0 aromatic heterocycles. The van der Waals surface area contributed by atoms with E-state index in [9.17, 15) is 9.59 Å². The van der Waals surface area contributed by atoms with Gasteiger partial charge < -0.3 is 14.7 Å². The standard InChI is InChI=1S/C18H19NO4/c1-19(12-11-17(20)21)18(22)15-7-9-16(10-8-15)23-13-14-5-3-2-4-6-14/h2-10H,11-13H2,1H3,(H,20,21). The lowest BCUT2D eigenvalue weighted by Crippen LogP contribution is -2.28. The molecule has 0 unspecified atom stereocenters. The van der Waals surface area contributed by atoms with Gasteiger partial charge in [0.25, 0.3) is 5.91 Å². The van der Waals surface area contributed by atoms with E-state index in [1.807, 2.05) is 30.3 Å². The van der Waals surface area contributed by atoms with Gasteiger partial charge >= 0.3 is 5.97 Å². The number of ether oxygens (including phenoxy) is 1. The third-order valence-corrected chi connectivity index (χ3v) is 3.36. The minimum Gasteiger partial charge on any atom is -0.489 e. The van der Waals surface area contributed by atoms with Crippen LogP contribution in [0.4, 0.5) is 0 Å². The average Bonchev–Trinajstić information content (AvgIpc) is 2.58. The average molecular weight is 313 g/mol. The van der Waals surface area contributed by atoms with Gasteiger partial charge in [0.05, 0.1) is 6.42 Å². The van der Waals surface area contributed by atoms with E-state index >= 15 is 0 Å². The topological polar surface area (TPSA) is 66.8 Å². The first-order chi connectivity index (χ1) is 11.1. The summed E-state index contributed by atoms with van der Waals surface area (Å²) in [7, 11) is 1.59. The number of carboxylic acids is 1. The minimum absolute atomic E-state index is 0.0689. The highest BCUT2D eigenvalue weighted by molar-refractivity contribution is 5.94. The van der Waals surface area contributed by atoms with Crippen LogP contribution in [0.3, 0.4) is 0 Å². The van der Waals surface area contributed by atoms with Crippen LogP contribution in [-0.2, 0) is 11.4 Å². The largest absolute Gasteiger partial charge is 0.489 e. The first-order valence-electron chi connectivity index (χ1n) is 7.30. The molecule has 0 aliphatic carbocycles. The SMILES string of the molecule is CN(CCC(=O)O)C(=O)c1ccc(OCc2ccccc2)cc1. The number of nitrogens with zero attached hydrogens (tertiary/aromatic N) is 1. The van der Waals surface area contributed by atoms with Crippen LogP contribution in [0.2, 0.25) is 0 Å². The fourth-order valence-electron chi connectivity index (χ4n) is 2.02. The Balaban J connectivity index is 1.91. The van der Waals surface area contributed by atoms with Crippen LogP contribution in [-0.4, -0.2) is 35.5 Å². The number of hydrogen-bond donors (Lipinski definition) is 1. The predicted molar refractivity (Wildman–Crippen MR) is 86.4 cm³/mol. The molecule has 0 aliphatic heterocycles. The number of carbonyl (C=O) groups is 2. The molecule has 0 radical (unpaired) electrons. The van der Waals surface area contributed by atoms with Crippen LogP contribution in [0, 0.1) is 0 Å². The summed E-state index contributed by atoms with van der Waals surface area (Å²) >= 11 is 0. The lowest BCUT2D eigenvalue weighted by atomic mass is 10.2. The van der Waals surface area contributed by atoms with Crippen LogP contribution in [0.15, 0.2) is 54.6 Å². The summed E-state index contributed by atoms with van der Waals surface area (Å²) in [5.74, 6) is -0.450. The molecule has 0 saturated carbocycles. The van der Waals surface area contributed by atoms with Gasteiger partial charge in [0.2, 0.25) is 0 Å². The highest BCUT2D eigenvalue weighted by Gasteiger charge is 2.12. The van der Waals surface area contributed by atoms with Crippen molar-refractivity contribution in [3.8, 4) is 5.75 Å². The van der Waals surface area contributed by atoms with Crippen LogP contribution in [0.1, 0.15) is 22.3 Å². The Labute approximate surface area is 135 Å². The quantitative estimate of drug-likeness (QED) is 0.853. The Kier molecular flexibility index (Phi) is 5.74. The van der Waals surface area contributed by atoms with Gasteiger partial charge in [-0.2, -0.15) is 0 Å². The van der Waals surface area contributed by atoms with Crippen LogP contribution >= 0.6 is 0 Å². The first kappa shape index (κ1) is 16.5. The van der Waals surface area contributed by atoms with Gasteiger partial charge in [0, 0.05) is 19.2 Å². The summed E-state index contributed by atoms with van der Waals surface area (Å²) in [6.45, 7) is 0.646. The van der Waals surface area contributed by atoms with E-state index in [1.54, 1.807) is 31.3 Å². The second kappa shape index (κ2) is 7.98. The Morgan fingerprint density at radius 2 is 1.70 bits per heavy atom. The molecule has 1 N–H and O–H groups in total. The van der Waals surface area contributed by atoms with Gasteiger partial charge in [-0.15, -0.1) is 0 Å². The molecule has 0 fully saturated rings. The molecule has 0 spiro atoms. The van der Waals surface area contributed by atoms with Crippen LogP contribution < -0.4 is 4.74 Å². The molecule has 2 aromatic carbocycles. The summed E-state index contributed by atoms with van der Waals surface area (Å²) in [5.41, 5.74) is 1.58. The molecule has 1 amide bonds. The van der Waals surface area contributed by atoms with Crippen molar-refractivity contribution in [1.82, 2.24) is 4.90 Å². The van der Waals surface area contributed by atoms with E-state index in [2.05, 4.69) is 0 Å². The molecule has 0 saturated heterocycles. The minimum atomic E-state index is -0.922. The van der Waals surface area contributed by atoms with Crippen molar-refractivity contribution in [2.75, 3.05) is 13.6 Å². The lowest BCUT2D eigenvalue weighted by molar-refractivity contribution is -0.137. The highest BCUT2D eigenvalue weighted by Crippen LogP contribution is 2.15. The maximum absolute atomic E-state index is 12.1. The lowest BCUT2D eigenvalue weighted by Gasteiger charge is -2.16. The van der Waals surface area contributed by atoms with E-state index in [0.29, 0.717) is 17.9 Å².